The number of carboxylic acids is 1. The molecule has 0 spiro atoms. The molecule has 1 heterocycles. The Labute approximate surface area is 131 Å². The third-order valence-corrected chi connectivity index (χ3v) is 6.59. The van der Waals surface area contributed by atoms with Crippen molar-refractivity contribution >= 4 is 39.4 Å². The highest BCUT2D eigenvalue weighted by atomic mass is 35.5. The first-order valence-corrected chi connectivity index (χ1v) is 9.06. The van der Waals surface area contributed by atoms with Crippen molar-refractivity contribution in [1.29, 1.82) is 0 Å². The largest absolute Gasteiger partial charge is 0.481 e. The molecule has 1 aromatic carbocycles. The Morgan fingerprint density at radius 3 is 2.86 bits per heavy atom. The molecule has 0 amide bonds. The molecule has 21 heavy (non-hydrogen) atoms. The molecule has 0 aromatic heterocycles. The minimum absolute atomic E-state index is 0.201. The van der Waals surface area contributed by atoms with Gasteiger partial charge in [-0.1, -0.05) is 11.6 Å². The van der Waals surface area contributed by atoms with E-state index in [9.17, 15) is 17.6 Å². The molecule has 9 heteroatoms. The standard InChI is InChI=1S/C12H13ClFNO4S2/c13-10-5-8(14)1-2-11(10)21(18,19)15-3-4-20-7-9(15)6-12(16)17/h1-2,5,9H,3-4,6-7H2,(H,16,17). The third kappa shape index (κ3) is 3.68. The first-order valence-electron chi connectivity index (χ1n) is 6.09. The van der Waals surface area contributed by atoms with Crippen LogP contribution in [0.25, 0.3) is 0 Å². The van der Waals surface area contributed by atoms with E-state index in [4.69, 9.17) is 16.7 Å². The van der Waals surface area contributed by atoms with Crippen molar-refractivity contribution in [2.75, 3.05) is 18.1 Å². The van der Waals surface area contributed by atoms with Crippen LogP contribution in [0.2, 0.25) is 5.02 Å². The molecule has 1 atom stereocenters. The fourth-order valence-electron chi connectivity index (χ4n) is 2.13. The summed E-state index contributed by atoms with van der Waals surface area (Å²) in [6, 6.07) is 2.42. The van der Waals surface area contributed by atoms with E-state index in [1.165, 1.54) is 11.8 Å². The zero-order valence-corrected chi connectivity index (χ0v) is 13.2. The van der Waals surface area contributed by atoms with Crippen LogP contribution in [0, 0.1) is 5.82 Å². The summed E-state index contributed by atoms with van der Waals surface area (Å²) < 4.78 is 39.5. The second kappa shape index (κ2) is 6.51. The number of nitrogens with zero attached hydrogens (tertiary/aromatic N) is 1. The van der Waals surface area contributed by atoms with E-state index in [0.717, 1.165) is 22.5 Å². The van der Waals surface area contributed by atoms with Gasteiger partial charge in [0.2, 0.25) is 10.0 Å². The second-order valence-corrected chi connectivity index (χ2v) is 7.93. The average Bonchev–Trinajstić information content (AvgIpc) is 2.37. The number of thioether (sulfide) groups is 1. The number of rotatable bonds is 4. The van der Waals surface area contributed by atoms with Crippen molar-refractivity contribution in [3.8, 4) is 0 Å². The summed E-state index contributed by atoms with van der Waals surface area (Å²) in [4.78, 5) is 10.7. The minimum Gasteiger partial charge on any atom is -0.481 e. The van der Waals surface area contributed by atoms with Crippen LogP contribution in [-0.2, 0) is 14.8 Å². The Bertz CT molecular complexity index is 653. The van der Waals surface area contributed by atoms with Gasteiger partial charge in [0.25, 0.3) is 0 Å². The van der Waals surface area contributed by atoms with Crippen molar-refractivity contribution < 1.29 is 22.7 Å². The quantitative estimate of drug-likeness (QED) is 0.896. The smallest absolute Gasteiger partial charge is 0.305 e. The molecule has 116 valence electrons. The van der Waals surface area contributed by atoms with Gasteiger partial charge >= 0.3 is 5.97 Å². The summed E-state index contributed by atoms with van der Waals surface area (Å²) in [5.41, 5.74) is 0. The third-order valence-electron chi connectivity index (χ3n) is 3.06. The number of benzene rings is 1. The summed E-state index contributed by atoms with van der Waals surface area (Å²) in [6.45, 7) is 0.207. The molecule has 0 aliphatic carbocycles. The van der Waals surface area contributed by atoms with Gasteiger partial charge < -0.3 is 5.11 Å². The van der Waals surface area contributed by atoms with Crippen molar-refractivity contribution in [2.24, 2.45) is 0 Å². The molecule has 2 rings (SSSR count). The molecule has 1 N–H and O–H groups in total. The summed E-state index contributed by atoms with van der Waals surface area (Å²) in [7, 11) is -3.95. The number of carboxylic acid groups (broad SMARTS) is 1. The van der Waals surface area contributed by atoms with Crippen LogP contribution in [0.4, 0.5) is 4.39 Å². The lowest BCUT2D eigenvalue weighted by Gasteiger charge is -2.33. The van der Waals surface area contributed by atoms with E-state index in [1.807, 2.05) is 0 Å². The van der Waals surface area contributed by atoms with Gasteiger partial charge in [-0.2, -0.15) is 16.1 Å². The predicted octanol–water partition coefficient (Wildman–Crippen LogP) is 2.06. The maximum Gasteiger partial charge on any atom is 0.305 e. The normalized spacial score (nSPS) is 20.4. The maximum atomic E-state index is 13.1. The summed E-state index contributed by atoms with van der Waals surface area (Å²) in [5, 5.41) is 8.70. The van der Waals surface area contributed by atoms with Gasteiger partial charge in [0.15, 0.2) is 0 Å². The first-order chi connectivity index (χ1) is 9.82. The van der Waals surface area contributed by atoms with Crippen molar-refractivity contribution in [3.63, 3.8) is 0 Å². The van der Waals surface area contributed by atoms with Crippen LogP contribution < -0.4 is 0 Å². The number of carbonyl (C=O) groups is 1. The molecule has 1 saturated heterocycles. The Hall–Kier alpha value is -0.830. The number of aliphatic carboxylic acids is 1. The molecule has 5 nitrogen and oxygen atoms in total. The molecule has 0 bridgehead atoms. The lowest BCUT2D eigenvalue weighted by molar-refractivity contribution is -0.137. The van der Waals surface area contributed by atoms with Gasteiger partial charge in [0, 0.05) is 24.1 Å². The van der Waals surface area contributed by atoms with E-state index in [0.29, 0.717) is 11.5 Å². The van der Waals surface area contributed by atoms with Crippen LogP contribution in [0.5, 0.6) is 0 Å². The second-order valence-electron chi connectivity index (χ2n) is 4.52. The highest BCUT2D eigenvalue weighted by Crippen LogP contribution is 2.30. The SMILES string of the molecule is O=C(O)CC1CSCCN1S(=O)(=O)c1ccc(F)cc1Cl. The van der Waals surface area contributed by atoms with Gasteiger partial charge in [-0.25, -0.2) is 12.8 Å². The summed E-state index contributed by atoms with van der Waals surface area (Å²) in [6.07, 6.45) is -0.273. The molecule has 1 fully saturated rings. The van der Waals surface area contributed by atoms with E-state index < -0.39 is 27.9 Å². The minimum atomic E-state index is -3.95. The summed E-state index contributed by atoms with van der Waals surface area (Å²) >= 11 is 7.32. The fourth-order valence-corrected chi connectivity index (χ4v) is 5.53. The number of hydrogen-bond acceptors (Lipinski definition) is 4. The lowest BCUT2D eigenvalue weighted by atomic mass is 10.2. The Balaban J connectivity index is 2.38. The zero-order chi connectivity index (χ0) is 15.6. The predicted molar refractivity (Wildman–Crippen MR) is 78.7 cm³/mol. The van der Waals surface area contributed by atoms with Crippen molar-refractivity contribution in [2.45, 2.75) is 17.4 Å². The van der Waals surface area contributed by atoms with Crippen LogP contribution in [-0.4, -0.2) is 47.9 Å². The van der Waals surface area contributed by atoms with Gasteiger partial charge in [-0.05, 0) is 18.2 Å². The number of sulfonamides is 1. The molecular weight excluding hydrogens is 341 g/mol. The van der Waals surface area contributed by atoms with Crippen LogP contribution >= 0.6 is 23.4 Å². The number of hydrogen-bond donors (Lipinski definition) is 1. The van der Waals surface area contributed by atoms with Crippen LogP contribution in [0.3, 0.4) is 0 Å². The van der Waals surface area contributed by atoms with Gasteiger partial charge in [0.1, 0.15) is 10.7 Å². The highest BCUT2D eigenvalue weighted by Gasteiger charge is 2.36. The first kappa shape index (κ1) is 16.5. The zero-order valence-electron chi connectivity index (χ0n) is 10.8. The van der Waals surface area contributed by atoms with Crippen molar-refractivity contribution in [3.05, 3.63) is 29.0 Å². The monoisotopic (exact) mass is 353 g/mol. The summed E-state index contributed by atoms with van der Waals surface area (Å²) in [5.74, 6) is -0.707. The van der Waals surface area contributed by atoms with Crippen LogP contribution in [0.1, 0.15) is 6.42 Å². The van der Waals surface area contributed by atoms with Gasteiger partial charge in [-0.15, -0.1) is 0 Å². The highest BCUT2D eigenvalue weighted by molar-refractivity contribution is 7.99. The number of halogens is 2. The fraction of sp³-hybridized carbons (Fsp3) is 0.417. The molecule has 0 radical (unpaired) electrons. The van der Waals surface area contributed by atoms with Crippen molar-refractivity contribution in [1.82, 2.24) is 4.31 Å². The Morgan fingerprint density at radius 1 is 1.52 bits per heavy atom. The van der Waals surface area contributed by atoms with E-state index in [-0.39, 0.29) is 22.9 Å². The topological polar surface area (TPSA) is 74.7 Å². The van der Waals surface area contributed by atoms with E-state index in [2.05, 4.69) is 0 Å². The van der Waals surface area contributed by atoms with E-state index >= 15 is 0 Å². The van der Waals surface area contributed by atoms with Gasteiger partial charge in [0.05, 0.1) is 11.4 Å². The van der Waals surface area contributed by atoms with Crippen LogP contribution in [0.15, 0.2) is 23.1 Å². The Morgan fingerprint density at radius 2 is 2.24 bits per heavy atom. The molecule has 0 saturated carbocycles. The lowest BCUT2D eigenvalue weighted by Crippen LogP contribution is -2.47. The molecule has 1 aliphatic rings. The van der Waals surface area contributed by atoms with Gasteiger partial charge in [-0.3, -0.25) is 4.79 Å². The molecular formula is C12H13ClFNO4S2. The molecule has 1 aliphatic heterocycles. The van der Waals surface area contributed by atoms with E-state index in [1.54, 1.807) is 0 Å². The average molecular weight is 354 g/mol. The Kier molecular flexibility index (Phi) is 5.13. The molecule has 1 aromatic rings. The molecule has 1 unspecified atom stereocenters. The maximum absolute atomic E-state index is 13.1.